The highest BCUT2D eigenvalue weighted by Gasteiger charge is 2.23. The molecule has 0 radical (unpaired) electrons. The zero-order valence-electron chi connectivity index (χ0n) is 8.39. The second-order valence-electron chi connectivity index (χ2n) is 3.65. The highest BCUT2D eigenvalue weighted by Crippen LogP contribution is 2.23. The quantitative estimate of drug-likeness (QED) is 0.660. The number of aromatic hydroxyl groups is 1. The van der Waals surface area contributed by atoms with Gasteiger partial charge in [-0.25, -0.2) is 0 Å². The maximum Gasteiger partial charge on any atom is 0.115 e. The van der Waals surface area contributed by atoms with E-state index in [1.807, 2.05) is 0 Å². The van der Waals surface area contributed by atoms with Crippen molar-refractivity contribution in [1.82, 2.24) is 5.32 Å². The summed E-state index contributed by atoms with van der Waals surface area (Å²) in [6.45, 7) is 2.07. The van der Waals surface area contributed by atoms with Crippen molar-refractivity contribution in [1.29, 1.82) is 0 Å². The van der Waals surface area contributed by atoms with Crippen LogP contribution in [-0.2, 0) is 4.74 Å². The van der Waals surface area contributed by atoms with Gasteiger partial charge in [0.1, 0.15) is 11.9 Å². The van der Waals surface area contributed by atoms with Crippen LogP contribution in [0.3, 0.4) is 0 Å². The third-order valence-electron chi connectivity index (χ3n) is 2.52. The minimum absolute atomic E-state index is 0.162. The smallest absolute Gasteiger partial charge is 0.115 e. The molecule has 0 saturated carbocycles. The van der Waals surface area contributed by atoms with Gasteiger partial charge >= 0.3 is 0 Å². The summed E-state index contributed by atoms with van der Waals surface area (Å²) in [6, 6.07) is 6.63. The summed E-state index contributed by atoms with van der Waals surface area (Å²) in [5, 5.41) is 22.4. The van der Waals surface area contributed by atoms with Gasteiger partial charge in [0.2, 0.25) is 0 Å². The van der Waals surface area contributed by atoms with E-state index in [0.29, 0.717) is 18.7 Å². The van der Waals surface area contributed by atoms with E-state index in [1.54, 1.807) is 24.3 Å². The average molecular weight is 209 g/mol. The molecular weight excluding hydrogens is 194 g/mol. The molecule has 4 heteroatoms. The number of nitrogens with one attached hydrogen (secondary N) is 1. The van der Waals surface area contributed by atoms with Crippen molar-refractivity contribution < 1.29 is 14.9 Å². The first-order valence-electron chi connectivity index (χ1n) is 5.06. The van der Waals surface area contributed by atoms with Gasteiger partial charge in [-0.3, -0.25) is 0 Å². The van der Waals surface area contributed by atoms with Crippen LogP contribution < -0.4 is 5.32 Å². The normalized spacial score (nSPS) is 23.7. The van der Waals surface area contributed by atoms with Crippen LogP contribution in [0.5, 0.6) is 5.75 Å². The van der Waals surface area contributed by atoms with Crippen molar-refractivity contribution in [3.05, 3.63) is 29.8 Å². The topological polar surface area (TPSA) is 61.7 Å². The molecule has 2 unspecified atom stereocenters. The lowest BCUT2D eigenvalue weighted by atomic mass is 10.0. The van der Waals surface area contributed by atoms with Crippen molar-refractivity contribution in [3.63, 3.8) is 0 Å². The molecular formula is C11H15NO3. The van der Waals surface area contributed by atoms with Crippen LogP contribution in [0, 0.1) is 0 Å². The summed E-state index contributed by atoms with van der Waals surface area (Å²) in [5.41, 5.74) is 0.684. The van der Waals surface area contributed by atoms with E-state index >= 15 is 0 Å². The van der Waals surface area contributed by atoms with Gasteiger partial charge in [0.15, 0.2) is 0 Å². The molecule has 2 atom stereocenters. The molecule has 1 heterocycles. The summed E-state index contributed by atoms with van der Waals surface area (Å²) in [5.74, 6) is 0.162. The molecule has 2 rings (SSSR count). The second kappa shape index (κ2) is 4.61. The number of aliphatic hydroxyl groups excluding tert-OH is 1. The van der Waals surface area contributed by atoms with Gasteiger partial charge in [-0.2, -0.15) is 0 Å². The highest BCUT2D eigenvalue weighted by molar-refractivity contribution is 5.29. The molecule has 1 saturated heterocycles. The molecule has 0 aromatic heterocycles. The average Bonchev–Trinajstić information content (AvgIpc) is 2.29. The third-order valence-corrected chi connectivity index (χ3v) is 2.52. The molecule has 0 spiro atoms. The fourth-order valence-corrected chi connectivity index (χ4v) is 1.71. The molecule has 0 aliphatic carbocycles. The number of morpholine rings is 1. The predicted molar refractivity (Wildman–Crippen MR) is 55.7 cm³/mol. The van der Waals surface area contributed by atoms with Crippen LogP contribution in [0.4, 0.5) is 0 Å². The van der Waals surface area contributed by atoms with Gasteiger partial charge < -0.3 is 20.3 Å². The van der Waals surface area contributed by atoms with Crippen LogP contribution in [0.2, 0.25) is 0 Å². The first-order valence-corrected chi connectivity index (χ1v) is 5.06. The molecule has 1 aromatic rings. The molecule has 0 amide bonds. The van der Waals surface area contributed by atoms with E-state index in [9.17, 15) is 10.2 Å². The minimum atomic E-state index is -0.690. The van der Waals surface area contributed by atoms with Gasteiger partial charge in [0.05, 0.1) is 12.7 Å². The first-order chi connectivity index (χ1) is 7.27. The van der Waals surface area contributed by atoms with Crippen molar-refractivity contribution in [2.24, 2.45) is 0 Å². The van der Waals surface area contributed by atoms with Gasteiger partial charge in [0, 0.05) is 13.1 Å². The van der Waals surface area contributed by atoms with E-state index < -0.39 is 6.10 Å². The fourth-order valence-electron chi connectivity index (χ4n) is 1.71. The van der Waals surface area contributed by atoms with E-state index in [-0.39, 0.29) is 11.9 Å². The Balaban J connectivity index is 2.08. The monoisotopic (exact) mass is 209 g/mol. The summed E-state index contributed by atoms with van der Waals surface area (Å²) < 4.78 is 5.44. The lowest BCUT2D eigenvalue weighted by Gasteiger charge is -2.28. The Morgan fingerprint density at radius 3 is 3.00 bits per heavy atom. The fraction of sp³-hybridized carbons (Fsp3) is 0.455. The Kier molecular flexibility index (Phi) is 3.20. The van der Waals surface area contributed by atoms with Gasteiger partial charge in [-0.1, -0.05) is 12.1 Å². The summed E-state index contributed by atoms with van der Waals surface area (Å²) in [7, 11) is 0. The Morgan fingerprint density at radius 2 is 2.33 bits per heavy atom. The number of rotatable bonds is 2. The lowest BCUT2D eigenvalue weighted by molar-refractivity contribution is -0.0536. The first kappa shape index (κ1) is 10.4. The molecule has 0 bridgehead atoms. The number of hydrogen-bond acceptors (Lipinski definition) is 4. The number of ether oxygens (including phenoxy) is 1. The molecule has 1 aliphatic heterocycles. The van der Waals surface area contributed by atoms with Crippen LogP contribution in [0.25, 0.3) is 0 Å². The number of phenolic OH excluding ortho intramolecular Hbond substituents is 1. The van der Waals surface area contributed by atoms with Crippen molar-refractivity contribution in [3.8, 4) is 5.75 Å². The summed E-state index contributed by atoms with van der Waals surface area (Å²) in [6.07, 6.45) is -0.926. The maximum absolute atomic E-state index is 9.99. The molecule has 1 aromatic carbocycles. The number of aliphatic hydroxyl groups is 1. The Bertz CT molecular complexity index is 323. The molecule has 4 nitrogen and oxygen atoms in total. The van der Waals surface area contributed by atoms with Crippen molar-refractivity contribution >= 4 is 0 Å². The largest absolute Gasteiger partial charge is 0.508 e. The number of hydrogen-bond donors (Lipinski definition) is 3. The van der Waals surface area contributed by atoms with E-state index in [0.717, 1.165) is 6.54 Å². The lowest BCUT2D eigenvalue weighted by Crippen LogP contribution is -2.41. The van der Waals surface area contributed by atoms with E-state index in [2.05, 4.69) is 5.32 Å². The van der Waals surface area contributed by atoms with Crippen LogP contribution in [0.1, 0.15) is 11.7 Å². The van der Waals surface area contributed by atoms with Crippen LogP contribution in [-0.4, -0.2) is 36.0 Å². The molecule has 3 N–H and O–H groups in total. The van der Waals surface area contributed by atoms with E-state index in [4.69, 9.17) is 4.74 Å². The number of phenols is 1. The van der Waals surface area contributed by atoms with Gasteiger partial charge in [0.25, 0.3) is 0 Å². The zero-order chi connectivity index (χ0) is 10.7. The molecule has 1 fully saturated rings. The second-order valence-corrected chi connectivity index (χ2v) is 3.65. The Labute approximate surface area is 88.5 Å². The van der Waals surface area contributed by atoms with Crippen LogP contribution >= 0.6 is 0 Å². The SMILES string of the molecule is Oc1cccc(C(O)C2CNCCO2)c1. The predicted octanol–water partition coefficient (Wildman–Crippen LogP) is 0.414. The van der Waals surface area contributed by atoms with Crippen molar-refractivity contribution in [2.75, 3.05) is 19.7 Å². The minimum Gasteiger partial charge on any atom is -0.508 e. The summed E-state index contributed by atoms with van der Waals surface area (Å²) in [4.78, 5) is 0. The zero-order valence-corrected chi connectivity index (χ0v) is 8.39. The third kappa shape index (κ3) is 2.47. The van der Waals surface area contributed by atoms with Gasteiger partial charge in [-0.05, 0) is 17.7 Å². The molecule has 82 valence electrons. The number of benzene rings is 1. The Morgan fingerprint density at radius 1 is 1.47 bits per heavy atom. The molecule has 1 aliphatic rings. The van der Waals surface area contributed by atoms with Gasteiger partial charge in [-0.15, -0.1) is 0 Å². The van der Waals surface area contributed by atoms with Crippen LogP contribution in [0.15, 0.2) is 24.3 Å². The van der Waals surface area contributed by atoms with Crippen molar-refractivity contribution in [2.45, 2.75) is 12.2 Å². The maximum atomic E-state index is 9.99. The Hall–Kier alpha value is -1.10. The standard InChI is InChI=1S/C11H15NO3/c13-9-3-1-2-8(6-9)11(14)10-7-12-4-5-15-10/h1-3,6,10-14H,4-5,7H2. The van der Waals surface area contributed by atoms with E-state index in [1.165, 1.54) is 0 Å². The highest BCUT2D eigenvalue weighted by atomic mass is 16.5. The summed E-state index contributed by atoms with van der Waals surface area (Å²) >= 11 is 0. The molecule has 15 heavy (non-hydrogen) atoms.